The molecule has 0 amide bonds. The van der Waals surface area contributed by atoms with E-state index in [9.17, 15) is 0 Å². The Kier molecular flexibility index (Phi) is 23.3. The van der Waals surface area contributed by atoms with Crippen LogP contribution >= 0.6 is 0 Å². The van der Waals surface area contributed by atoms with E-state index in [-0.39, 0.29) is 46.7 Å². The third kappa shape index (κ3) is 17.1. The van der Waals surface area contributed by atoms with Gasteiger partial charge >= 0.3 is 0 Å². The molecule has 2 fully saturated rings. The van der Waals surface area contributed by atoms with Crippen LogP contribution in [0.4, 0.5) is 0 Å². The predicted octanol–water partition coefficient (Wildman–Crippen LogP) is 14.7. The number of hydrogen-bond donors (Lipinski definition) is 0. The standard InChI is InChI=1S/C72H94O7Si2/c1-57(2)51-73-65(55-77-63-35-27-33-61(49-63)75-53-59-29-15-9-16-30-59)45-47-71(5,6)80(67-37-19-11-20-38-67,68-39-21-12-22-40-68)79-81(69-41-23-13-24-42-69,70-43-25-14-26-44-70)72(7,8)48-46-66(74-52-58(3)4)56-78-64-36-28-34-62(50-64)76-54-60-31-17-10-18-32-60/h9-26,29-32,37-44,61-66H,1,3,27-28,33-36,45-56H2,2,4-8H3/t61-,62-,63+,64+,65+,66+/m1/s1. The lowest BCUT2D eigenvalue weighted by molar-refractivity contribution is -0.0821. The summed E-state index contributed by atoms with van der Waals surface area (Å²) in [5.41, 5.74) is 4.41. The van der Waals surface area contributed by atoms with Crippen LogP contribution in [0.15, 0.2) is 206 Å². The number of rotatable bonds is 32. The van der Waals surface area contributed by atoms with Crippen molar-refractivity contribution >= 4 is 37.4 Å². The summed E-state index contributed by atoms with van der Waals surface area (Å²) in [6, 6.07) is 66.0. The second-order valence-electron chi connectivity index (χ2n) is 24.6. The fraction of sp³-hybridized carbons (Fsp3) is 0.444. The van der Waals surface area contributed by atoms with Gasteiger partial charge in [0, 0.05) is 0 Å². The largest absolute Gasteiger partial charge is 0.441 e. The first-order chi connectivity index (χ1) is 39.3. The quantitative estimate of drug-likeness (QED) is 0.0308. The minimum atomic E-state index is -3.41. The van der Waals surface area contributed by atoms with Gasteiger partial charge in [0.25, 0.3) is 16.6 Å². The van der Waals surface area contributed by atoms with E-state index in [1.807, 2.05) is 13.8 Å². The third-order valence-corrected chi connectivity index (χ3v) is 28.4. The van der Waals surface area contributed by atoms with Crippen LogP contribution in [0.2, 0.25) is 10.1 Å². The van der Waals surface area contributed by atoms with E-state index in [0.717, 1.165) is 88.2 Å². The van der Waals surface area contributed by atoms with Gasteiger partial charge < -0.3 is 32.5 Å². The first-order valence-corrected chi connectivity index (χ1v) is 34.1. The highest BCUT2D eigenvalue weighted by Gasteiger charge is 2.62. The summed E-state index contributed by atoms with van der Waals surface area (Å²) >= 11 is 0. The van der Waals surface area contributed by atoms with Crippen LogP contribution in [0, 0.1) is 0 Å². The highest BCUT2D eigenvalue weighted by atomic mass is 28.4. The van der Waals surface area contributed by atoms with Crippen molar-refractivity contribution < 1.29 is 32.5 Å². The predicted molar refractivity (Wildman–Crippen MR) is 339 cm³/mol. The molecule has 6 aromatic carbocycles. The molecule has 432 valence electrons. The van der Waals surface area contributed by atoms with Crippen molar-refractivity contribution in [3.05, 3.63) is 217 Å². The smallest absolute Gasteiger partial charge is 0.251 e. The van der Waals surface area contributed by atoms with E-state index < -0.39 is 16.6 Å². The van der Waals surface area contributed by atoms with Crippen LogP contribution in [0.25, 0.3) is 0 Å². The second kappa shape index (κ2) is 30.5. The Bertz CT molecular complexity index is 2490. The molecule has 81 heavy (non-hydrogen) atoms. The average molecular weight is 1130 g/mol. The lowest BCUT2D eigenvalue weighted by Crippen LogP contribution is -2.78. The SMILES string of the molecule is C=C(C)CO[C@@H](CCC(C)(C)[Si](O[Si](c1ccccc1)(c1ccccc1)C(C)(C)CC[C@@H](CO[C@H]1CCC[C@@H](OCc2ccccc2)C1)OCC(=C)C)(c1ccccc1)c1ccccc1)CO[C@H]1CCC[C@@H](OCc2ccccc2)C1. The fourth-order valence-electron chi connectivity index (χ4n) is 12.5. The van der Waals surface area contributed by atoms with Crippen molar-refractivity contribution in [3.63, 3.8) is 0 Å². The van der Waals surface area contributed by atoms with Gasteiger partial charge in [0.15, 0.2) is 0 Å². The molecule has 6 atom stereocenters. The highest BCUT2D eigenvalue weighted by Crippen LogP contribution is 2.50. The summed E-state index contributed by atoms with van der Waals surface area (Å²) in [5, 5.41) is 4.26. The molecule has 6 aromatic rings. The van der Waals surface area contributed by atoms with Gasteiger partial charge in [0.1, 0.15) is 0 Å². The molecule has 2 saturated carbocycles. The first-order valence-electron chi connectivity index (χ1n) is 30.2. The van der Waals surface area contributed by atoms with Crippen molar-refractivity contribution in [2.45, 2.75) is 179 Å². The maximum atomic E-state index is 9.08. The summed E-state index contributed by atoms with van der Waals surface area (Å²) in [4.78, 5) is 0. The molecule has 2 aliphatic carbocycles. The van der Waals surface area contributed by atoms with Crippen molar-refractivity contribution in [2.24, 2.45) is 0 Å². The van der Waals surface area contributed by atoms with Gasteiger partial charge in [-0.25, -0.2) is 0 Å². The minimum absolute atomic E-state index is 0.112. The molecule has 7 nitrogen and oxygen atoms in total. The summed E-state index contributed by atoms with van der Waals surface area (Å²) in [6.07, 6.45) is 11.6. The Morgan fingerprint density at radius 2 is 0.716 bits per heavy atom. The van der Waals surface area contributed by atoms with Crippen LogP contribution in [0.1, 0.15) is 130 Å². The molecular formula is C72H94O7Si2. The molecule has 0 unspecified atom stereocenters. The van der Waals surface area contributed by atoms with Crippen LogP contribution < -0.4 is 20.7 Å². The van der Waals surface area contributed by atoms with E-state index in [1.54, 1.807) is 0 Å². The zero-order chi connectivity index (χ0) is 57.0. The van der Waals surface area contributed by atoms with Crippen molar-refractivity contribution in [1.29, 1.82) is 0 Å². The molecular weight excluding hydrogens is 1030 g/mol. The monoisotopic (exact) mass is 1130 g/mol. The van der Waals surface area contributed by atoms with E-state index in [2.05, 4.69) is 223 Å². The Morgan fingerprint density at radius 3 is 1.01 bits per heavy atom. The van der Waals surface area contributed by atoms with Crippen molar-refractivity contribution in [1.82, 2.24) is 0 Å². The number of ether oxygens (including phenoxy) is 6. The molecule has 2 aliphatic rings. The zero-order valence-electron chi connectivity index (χ0n) is 49.8. The van der Waals surface area contributed by atoms with Gasteiger partial charge in [-0.2, -0.15) is 0 Å². The molecule has 8 rings (SSSR count). The van der Waals surface area contributed by atoms with Gasteiger partial charge in [0.05, 0.1) is 76.3 Å². The van der Waals surface area contributed by atoms with Gasteiger partial charge in [-0.1, -0.05) is 234 Å². The summed E-state index contributed by atoms with van der Waals surface area (Å²) in [6.45, 7) is 25.8. The molecule has 0 spiro atoms. The normalized spacial score (nSPS) is 18.9. The lowest BCUT2D eigenvalue weighted by Gasteiger charge is -2.55. The molecule has 0 heterocycles. The van der Waals surface area contributed by atoms with Crippen LogP contribution in [-0.4, -0.2) is 79.7 Å². The van der Waals surface area contributed by atoms with Crippen LogP contribution in [-0.2, 0) is 45.8 Å². The van der Waals surface area contributed by atoms with Gasteiger partial charge in [-0.15, -0.1) is 0 Å². The average Bonchev–Trinajstić information content (AvgIpc) is 3.34. The topological polar surface area (TPSA) is 64.6 Å². The maximum Gasteiger partial charge on any atom is 0.251 e. The van der Waals surface area contributed by atoms with E-state index in [1.165, 1.54) is 31.9 Å². The molecule has 0 radical (unpaired) electrons. The van der Waals surface area contributed by atoms with E-state index >= 15 is 0 Å². The summed E-state index contributed by atoms with van der Waals surface area (Å²) in [5.74, 6) is 0. The molecule has 0 bridgehead atoms. The minimum Gasteiger partial charge on any atom is -0.441 e. The molecule has 0 N–H and O–H groups in total. The van der Waals surface area contributed by atoms with E-state index in [4.69, 9.17) is 32.5 Å². The van der Waals surface area contributed by atoms with Crippen molar-refractivity contribution in [2.75, 3.05) is 26.4 Å². The molecule has 0 aromatic heterocycles. The van der Waals surface area contributed by atoms with Crippen molar-refractivity contribution in [3.8, 4) is 0 Å². The summed E-state index contributed by atoms with van der Waals surface area (Å²) in [7, 11) is -6.81. The molecule has 0 saturated heterocycles. The van der Waals surface area contributed by atoms with Crippen LogP contribution in [0.5, 0.6) is 0 Å². The highest BCUT2D eigenvalue weighted by molar-refractivity contribution is 7.11. The van der Waals surface area contributed by atoms with E-state index in [0.29, 0.717) is 39.6 Å². The molecule has 9 heteroatoms. The van der Waals surface area contributed by atoms with Gasteiger partial charge in [0.2, 0.25) is 0 Å². The van der Waals surface area contributed by atoms with Gasteiger partial charge in [-0.3, -0.25) is 0 Å². The first kappa shape index (κ1) is 62.0. The Morgan fingerprint density at radius 1 is 0.432 bits per heavy atom. The Balaban J connectivity index is 1.11. The maximum absolute atomic E-state index is 9.08. The Labute approximate surface area is 489 Å². The summed E-state index contributed by atoms with van der Waals surface area (Å²) < 4.78 is 49.5. The number of benzene rings is 6. The third-order valence-electron chi connectivity index (χ3n) is 17.1. The second-order valence-corrected chi connectivity index (χ2v) is 33.2. The number of hydrogen-bond acceptors (Lipinski definition) is 7. The zero-order valence-corrected chi connectivity index (χ0v) is 51.8. The Hall–Kier alpha value is -5.05. The molecule has 0 aliphatic heterocycles. The lowest BCUT2D eigenvalue weighted by atomic mass is 9.94. The fourth-order valence-corrected chi connectivity index (χ4v) is 25.9. The van der Waals surface area contributed by atoms with Gasteiger partial charge in [-0.05, 0) is 133 Å². The van der Waals surface area contributed by atoms with Crippen LogP contribution in [0.3, 0.4) is 0 Å².